The van der Waals surface area contributed by atoms with Crippen LogP contribution in [-0.4, -0.2) is 35.6 Å². The average molecular weight is 202 g/mol. The number of nitrogens with zero attached hydrogens (tertiary/aromatic N) is 1. The van der Waals surface area contributed by atoms with Gasteiger partial charge in [0.2, 0.25) is 0 Å². The molecule has 0 aliphatic carbocycles. The smallest absolute Gasteiger partial charge is 0.411 e. The number of ether oxygens (including phenoxy) is 1. The molecule has 0 bridgehead atoms. The molecule has 14 heavy (non-hydrogen) atoms. The zero-order chi connectivity index (χ0) is 11.4. The highest BCUT2D eigenvalue weighted by molar-refractivity contribution is 5.72. The summed E-state index contributed by atoms with van der Waals surface area (Å²) in [7, 11) is 0. The maximum Gasteiger partial charge on any atom is 0.411 e. The lowest BCUT2D eigenvalue weighted by atomic mass is 10.2. The maximum absolute atomic E-state index is 11.5. The van der Waals surface area contributed by atoms with Crippen molar-refractivity contribution in [3.8, 4) is 0 Å². The molecule has 5 nitrogen and oxygen atoms in total. The molecule has 0 aromatic rings. The molecule has 0 aromatic carbocycles. The van der Waals surface area contributed by atoms with Crippen LogP contribution < -0.4 is 5.73 Å². The standard InChI is InChI=1S/C9H18N2O3/c1-7(10)11(5-6-12)8(13)14-9(2,3)4/h6-7H,5,10H2,1-4H3. The third kappa shape index (κ3) is 4.81. The van der Waals surface area contributed by atoms with Crippen LogP contribution in [0.25, 0.3) is 0 Å². The van der Waals surface area contributed by atoms with Crippen molar-refractivity contribution in [2.24, 2.45) is 5.73 Å². The number of amides is 1. The van der Waals surface area contributed by atoms with Gasteiger partial charge in [0.25, 0.3) is 0 Å². The number of carbonyl (C=O) groups is 2. The van der Waals surface area contributed by atoms with Crippen molar-refractivity contribution < 1.29 is 14.3 Å². The molecular formula is C9H18N2O3. The Bertz CT molecular complexity index is 209. The highest BCUT2D eigenvalue weighted by Gasteiger charge is 2.23. The summed E-state index contributed by atoms with van der Waals surface area (Å²) in [5.74, 6) is 0. The van der Waals surface area contributed by atoms with Gasteiger partial charge in [0.15, 0.2) is 0 Å². The van der Waals surface area contributed by atoms with E-state index in [1.165, 1.54) is 0 Å². The number of nitrogens with two attached hydrogens (primary N) is 1. The van der Waals surface area contributed by atoms with E-state index < -0.39 is 17.9 Å². The Balaban J connectivity index is 4.37. The summed E-state index contributed by atoms with van der Waals surface area (Å²) in [6.07, 6.45) is -0.484. The molecule has 0 heterocycles. The van der Waals surface area contributed by atoms with Gasteiger partial charge in [0.1, 0.15) is 11.9 Å². The summed E-state index contributed by atoms with van der Waals surface area (Å²) in [5, 5.41) is 0. The van der Waals surface area contributed by atoms with Crippen LogP contribution >= 0.6 is 0 Å². The Labute approximate surface area is 84.2 Å². The van der Waals surface area contributed by atoms with Gasteiger partial charge in [-0.1, -0.05) is 0 Å². The second kappa shape index (κ2) is 4.95. The molecule has 1 unspecified atom stereocenters. The van der Waals surface area contributed by atoms with Gasteiger partial charge in [0, 0.05) is 0 Å². The molecule has 1 amide bonds. The maximum atomic E-state index is 11.5. The van der Waals surface area contributed by atoms with Gasteiger partial charge in [0.05, 0.1) is 12.7 Å². The lowest BCUT2D eigenvalue weighted by molar-refractivity contribution is -0.109. The number of carbonyl (C=O) groups excluding carboxylic acids is 2. The van der Waals surface area contributed by atoms with Crippen LogP contribution in [0.15, 0.2) is 0 Å². The monoisotopic (exact) mass is 202 g/mol. The highest BCUT2D eigenvalue weighted by atomic mass is 16.6. The first-order chi connectivity index (χ1) is 6.28. The Morgan fingerprint density at radius 2 is 2.07 bits per heavy atom. The zero-order valence-corrected chi connectivity index (χ0v) is 9.11. The molecule has 5 heteroatoms. The average Bonchev–Trinajstić information content (AvgIpc) is 1.95. The van der Waals surface area contributed by atoms with E-state index in [2.05, 4.69) is 0 Å². The zero-order valence-electron chi connectivity index (χ0n) is 9.11. The fourth-order valence-corrected chi connectivity index (χ4v) is 0.808. The van der Waals surface area contributed by atoms with Crippen molar-refractivity contribution in [3.05, 3.63) is 0 Å². The molecule has 0 fully saturated rings. The van der Waals surface area contributed by atoms with Gasteiger partial charge in [-0.2, -0.15) is 0 Å². The molecule has 0 spiro atoms. The van der Waals surface area contributed by atoms with Crippen molar-refractivity contribution >= 4 is 12.4 Å². The van der Waals surface area contributed by atoms with E-state index in [1.807, 2.05) is 0 Å². The summed E-state index contributed by atoms with van der Waals surface area (Å²) >= 11 is 0. The van der Waals surface area contributed by atoms with Crippen LogP contribution in [0.2, 0.25) is 0 Å². The van der Waals surface area contributed by atoms with E-state index in [0.29, 0.717) is 6.29 Å². The number of hydrogen-bond acceptors (Lipinski definition) is 4. The molecular weight excluding hydrogens is 184 g/mol. The molecule has 2 N–H and O–H groups in total. The Kier molecular flexibility index (Phi) is 4.56. The molecule has 0 aromatic heterocycles. The third-order valence-corrected chi connectivity index (χ3v) is 1.39. The van der Waals surface area contributed by atoms with E-state index in [-0.39, 0.29) is 6.54 Å². The lowest BCUT2D eigenvalue weighted by Gasteiger charge is -2.28. The summed E-state index contributed by atoms with van der Waals surface area (Å²) in [6, 6.07) is 0. The van der Waals surface area contributed by atoms with Gasteiger partial charge in [-0.15, -0.1) is 0 Å². The summed E-state index contributed by atoms with van der Waals surface area (Å²) < 4.78 is 5.06. The van der Waals surface area contributed by atoms with Crippen LogP contribution in [0.3, 0.4) is 0 Å². The van der Waals surface area contributed by atoms with Crippen molar-refractivity contribution in [3.63, 3.8) is 0 Å². The van der Waals surface area contributed by atoms with E-state index in [4.69, 9.17) is 10.5 Å². The second-order valence-electron chi connectivity index (χ2n) is 4.04. The number of rotatable bonds is 3. The summed E-state index contributed by atoms with van der Waals surface area (Å²) in [6.45, 7) is 6.83. The fraction of sp³-hybridized carbons (Fsp3) is 0.778. The molecule has 0 saturated carbocycles. The van der Waals surface area contributed by atoms with Crippen LogP contribution in [-0.2, 0) is 9.53 Å². The Morgan fingerprint density at radius 3 is 2.36 bits per heavy atom. The largest absolute Gasteiger partial charge is 0.444 e. The lowest BCUT2D eigenvalue weighted by Crippen LogP contribution is -2.47. The summed E-state index contributed by atoms with van der Waals surface area (Å²) in [4.78, 5) is 22.9. The SMILES string of the molecule is CC(N)N(CC=O)C(=O)OC(C)(C)C. The molecule has 0 rings (SSSR count). The minimum atomic E-state index is -0.576. The van der Waals surface area contributed by atoms with E-state index >= 15 is 0 Å². The van der Waals surface area contributed by atoms with E-state index in [9.17, 15) is 9.59 Å². The molecule has 0 radical (unpaired) electrons. The van der Waals surface area contributed by atoms with Gasteiger partial charge >= 0.3 is 6.09 Å². The topological polar surface area (TPSA) is 72.6 Å². The highest BCUT2D eigenvalue weighted by Crippen LogP contribution is 2.10. The van der Waals surface area contributed by atoms with Crippen LogP contribution in [0.4, 0.5) is 4.79 Å². The first-order valence-electron chi connectivity index (χ1n) is 4.47. The van der Waals surface area contributed by atoms with Crippen molar-refractivity contribution in [2.75, 3.05) is 6.54 Å². The first kappa shape index (κ1) is 12.9. The quantitative estimate of drug-likeness (QED) is 0.541. The first-order valence-corrected chi connectivity index (χ1v) is 4.47. The normalized spacial score (nSPS) is 13.2. The van der Waals surface area contributed by atoms with Gasteiger partial charge < -0.3 is 15.3 Å². The van der Waals surface area contributed by atoms with Gasteiger partial charge in [-0.3, -0.25) is 4.90 Å². The third-order valence-electron chi connectivity index (χ3n) is 1.39. The Hall–Kier alpha value is -1.10. The van der Waals surface area contributed by atoms with E-state index in [1.54, 1.807) is 27.7 Å². The molecule has 1 atom stereocenters. The van der Waals surface area contributed by atoms with E-state index in [0.717, 1.165) is 4.90 Å². The Morgan fingerprint density at radius 1 is 1.57 bits per heavy atom. The van der Waals surface area contributed by atoms with Crippen molar-refractivity contribution in [2.45, 2.75) is 39.5 Å². The molecule has 0 aliphatic rings. The molecule has 0 saturated heterocycles. The summed E-state index contributed by atoms with van der Waals surface area (Å²) in [5.41, 5.74) is 4.93. The fourth-order valence-electron chi connectivity index (χ4n) is 0.808. The molecule has 82 valence electrons. The van der Waals surface area contributed by atoms with Gasteiger partial charge in [-0.25, -0.2) is 4.79 Å². The minimum Gasteiger partial charge on any atom is -0.444 e. The van der Waals surface area contributed by atoms with Crippen LogP contribution in [0.5, 0.6) is 0 Å². The number of aldehydes is 1. The number of hydrogen-bond donors (Lipinski definition) is 1. The molecule has 0 aliphatic heterocycles. The van der Waals surface area contributed by atoms with Gasteiger partial charge in [-0.05, 0) is 27.7 Å². The minimum absolute atomic E-state index is 0.0490. The van der Waals surface area contributed by atoms with Crippen LogP contribution in [0.1, 0.15) is 27.7 Å². The van der Waals surface area contributed by atoms with Crippen molar-refractivity contribution in [1.82, 2.24) is 4.90 Å². The second-order valence-corrected chi connectivity index (χ2v) is 4.04. The van der Waals surface area contributed by atoms with Crippen LogP contribution in [0, 0.1) is 0 Å². The predicted octanol–water partition coefficient (Wildman–Crippen LogP) is 0.727. The predicted molar refractivity (Wildman–Crippen MR) is 52.7 cm³/mol. The van der Waals surface area contributed by atoms with Crippen molar-refractivity contribution in [1.29, 1.82) is 0 Å².